The van der Waals surface area contributed by atoms with Gasteiger partial charge in [-0.05, 0) is 44.3 Å². The highest BCUT2D eigenvalue weighted by Crippen LogP contribution is 2.43. The topological polar surface area (TPSA) is 38.8 Å². The van der Waals surface area contributed by atoms with Crippen LogP contribution in [0.25, 0.3) is 0 Å². The maximum absolute atomic E-state index is 13.7. The first kappa shape index (κ1) is 25.9. The molecule has 1 aliphatic rings. The Balaban J connectivity index is 2.17. The summed E-state index contributed by atoms with van der Waals surface area (Å²) in [6.45, 7) is 10.6. The zero-order valence-electron chi connectivity index (χ0n) is 20.2. The van der Waals surface area contributed by atoms with Crippen molar-refractivity contribution in [3.63, 3.8) is 0 Å². The highest BCUT2D eigenvalue weighted by Gasteiger charge is 2.49. The van der Waals surface area contributed by atoms with Gasteiger partial charge in [-0.25, -0.2) is 4.79 Å². The third kappa shape index (κ3) is 7.61. The second-order valence-corrected chi connectivity index (χ2v) is 8.86. The molecular formula is C27H45NO3. The normalized spacial score (nSPS) is 16.9. The largest absolute Gasteiger partial charge is 0.463 e. The third-order valence-electron chi connectivity index (χ3n) is 6.76. The Kier molecular flexibility index (Phi) is 12.2. The second-order valence-electron chi connectivity index (χ2n) is 8.86. The summed E-state index contributed by atoms with van der Waals surface area (Å²) in [5.41, 5.74) is -0.00514. The van der Waals surface area contributed by atoms with Gasteiger partial charge in [0.25, 0.3) is 0 Å². The minimum Gasteiger partial charge on any atom is -0.463 e. The van der Waals surface area contributed by atoms with E-state index in [9.17, 15) is 4.79 Å². The number of carbonyl (C=O) groups is 1. The van der Waals surface area contributed by atoms with Gasteiger partial charge in [0.1, 0.15) is 0 Å². The van der Waals surface area contributed by atoms with E-state index < -0.39 is 5.60 Å². The van der Waals surface area contributed by atoms with Crippen molar-refractivity contribution in [2.45, 2.75) is 90.6 Å². The molecule has 4 heteroatoms. The molecule has 0 heterocycles. The van der Waals surface area contributed by atoms with E-state index in [4.69, 9.17) is 9.47 Å². The summed E-state index contributed by atoms with van der Waals surface area (Å²) in [5, 5.41) is 0. The lowest BCUT2D eigenvalue weighted by Crippen LogP contribution is -2.48. The van der Waals surface area contributed by atoms with Crippen molar-refractivity contribution in [2.24, 2.45) is 5.92 Å². The molecule has 0 saturated heterocycles. The molecule has 0 aromatic heterocycles. The number of nitrogens with zero attached hydrogens (tertiary/aromatic N) is 1. The Bertz CT molecular complexity index is 596. The van der Waals surface area contributed by atoms with E-state index in [1.807, 2.05) is 18.2 Å². The van der Waals surface area contributed by atoms with Crippen LogP contribution in [-0.2, 0) is 19.9 Å². The number of hydrogen-bond donors (Lipinski definition) is 0. The van der Waals surface area contributed by atoms with Gasteiger partial charge in [-0.2, -0.15) is 0 Å². The lowest BCUT2D eigenvalue weighted by molar-refractivity contribution is -0.187. The Labute approximate surface area is 190 Å². The van der Waals surface area contributed by atoms with Crippen molar-refractivity contribution in [1.82, 2.24) is 4.90 Å². The predicted octanol–water partition coefficient (Wildman–Crippen LogP) is 6.33. The van der Waals surface area contributed by atoms with Gasteiger partial charge in [-0.15, -0.1) is 0 Å². The van der Waals surface area contributed by atoms with Crippen LogP contribution in [0.4, 0.5) is 0 Å². The maximum Gasteiger partial charge on any atom is 0.343 e. The summed E-state index contributed by atoms with van der Waals surface area (Å²) in [6.07, 6.45) is 11.0. The van der Waals surface area contributed by atoms with Crippen molar-refractivity contribution < 1.29 is 14.3 Å². The number of carbonyl (C=O) groups excluding carboxylic acids is 1. The molecule has 0 bridgehead atoms. The van der Waals surface area contributed by atoms with E-state index in [-0.39, 0.29) is 11.9 Å². The fraction of sp³-hybridized carbons (Fsp3) is 0.741. The number of ether oxygens (including phenoxy) is 2. The lowest BCUT2D eigenvalue weighted by Gasteiger charge is -2.41. The molecule has 1 aromatic carbocycles. The summed E-state index contributed by atoms with van der Waals surface area (Å²) in [4.78, 5) is 16.1. The zero-order chi connectivity index (χ0) is 22.4. The number of hydrogen-bond acceptors (Lipinski definition) is 4. The van der Waals surface area contributed by atoms with Crippen molar-refractivity contribution in [3.05, 3.63) is 35.9 Å². The molecule has 176 valence electrons. The van der Waals surface area contributed by atoms with E-state index in [1.54, 1.807) is 0 Å². The van der Waals surface area contributed by atoms with Crippen LogP contribution in [0.15, 0.2) is 30.3 Å². The zero-order valence-corrected chi connectivity index (χ0v) is 20.2. The SMILES string of the molecule is CCCCCCOC(C(=O)OCCCN(CC)CC)(c1ccccc1)C1CCCCC1. The molecule has 0 spiro atoms. The van der Waals surface area contributed by atoms with E-state index in [0.29, 0.717) is 13.2 Å². The Hall–Kier alpha value is -1.39. The first-order chi connectivity index (χ1) is 15.2. The quantitative estimate of drug-likeness (QED) is 0.240. The second kappa shape index (κ2) is 14.6. The fourth-order valence-corrected chi connectivity index (χ4v) is 4.84. The van der Waals surface area contributed by atoms with Gasteiger partial charge in [0.15, 0.2) is 5.60 Å². The van der Waals surface area contributed by atoms with E-state index >= 15 is 0 Å². The first-order valence-corrected chi connectivity index (χ1v) is 12.8. The summed E-state index contributed by atoms with van der Waals surface area (Å²) < 4.78 is 12.5. The van der Waals surface area contributed by atoms with Crippen molar-refractivity contribution >= 4 is 5.97 Å². The van der Waals surface area contributed by atoms with E-state index in [2.05, 4.69) is 37.8 Å². The minimum atomic E-state index is -0.969. The van der Waals surface area contributed by atoms with Crippen LogP contribution in [0, 0.1) is 5.92 Å². The van der Waals surface area contributed by atoms with E-state index in [1.165, 1.54) is 19.3 Å². The number of benzene rings is 1. The lowest BCUT2D eigenvalue weighted by atomic mass is 9.73. The van der Waals surface area contributed by atoms with Crippen LogP contribution in [0.2, 0.25) is 0 Å². The highest BCUT2D eigenvalue weighted by atomic mass is 16.6. The van der Waals surface area contributed by atoms with Gasteiger partial charge in [0.2, 0.25) is 0 Å². The van der Waals surface area contributed by atoms with E-state index in [0.717, 1.165) is 70.1 Å². The van der Waals surface area contributed by atoms with Gasteiger partial charge in [0, 0.05) is 19.1 Å². The maximum atomic E-state index is 13.7. The molecule has 2 rings (SSSR count). The van der Waals surface area contributed by atoms with Crippen LogP contribution >= 0.6 is 0 Å². The fourth-order valence-electron chi connectivity index (χ4n) is 4.84. The number of unbranched alkanes of at least 4 members (excludes halogenated alkanes) is 3. The smallest absolute Gasteiger partial charge is 0.343 e. The molecule has 1 atom stereocenters. The Morgan fingerprint density at radius 3 is 2.29 bits per heavy atom. The van der Waals surface area contributed by atoms with Crippen LogP contribution < -0.4 is 0 Å². The van der Waals surface area contributed by atoms with Crippen LogP contribution in [0.3, 0.4) is 0 Å². The first-order valence-electron chi connectivity index (χ1n) is 12.8. The molecule has 1 aliphatic carbocycles. The number of esters is 1. The average Bonchev–Trinajstić information content (AvgIpc) is 2.82. The average molecular weight is 432 g/mol. The van der Waals surface area contributed by atoms with Gasteiger partial charge in [0.05, 0.1) is 6.61 Å². The minimum absolute atomic E-state index is 0.180. The molecular weight excluding hydrogens is 386 g/mol. The van der Waals surface area contributed by atoms with Crippen molar-refractivity contribution in [2.75, 3.05) is 32.8 Å². The third-order valence-corrected chi connectivity index (χ3v) is 6.76. The Morgan fingerprint density at radius 2 is 1.65 bits per heavy atom. The molecule has 0 radical (unpaired) electrons. The summed E-state index contributed by atoms with van der Waals surface area (Å²) in [6, 6.07) is 10.1. The predicted molar refractivity (Wildman–Crippen MR) is 128 cm³/mol. The summed E-state index contributed by atoms with van der Waals surface area (Å²) in [7, 11) is 0. The molecule has 0 amide bonds. The molecule has 1 aromatic rings. The Morgan fingerprint density at radius 1 is 0.935 bits per heavy atom. The molecule has 1 fully saturated rings. The van der Waals surface area contributed by atoms with Crippen LogP contribution in [-0.4, -0.2) is 43.7 Å². The standard InChI is InChI=1S/C27H45NO3/c1-4-7-8-15-23-31-27(24-17-11-9-12-18-24,25-19-13-10-14-20-25)26(29)30-22-16-21-28(5-2)6-3/h9,11-12,17-18,25H,4-8,10,13-16,19-23H2,1-3H3. The molecule has 1 unspecified atom stereocenters. The highest BCUT2D eigenvalue weighted by molar-refractivity contribution is 5.82. The molecule has 4 nitrogen and oxygen atoms in total. The monoisotopic (exact) mass is 431 g/mol. The molecule has 1 saturated carbocycles. The summed E-state index contributed by atoms with van der Waals surface area (Å²) in [5.74, 6) is 0.00532. The molecule has 31 heavy (non-hydrogen) atoms. The van der Waals surface area contributed by atoms with Gasteiger partial charge in [-0.3, -0.25) is 0 Å². The van der Waals surface area contributed by atoms with Gasteiger partial charge in [-0.1, -0.05) is 89.6 Å². The van der Waals surface area contributed by atoms with Crippen LogP contribution in [0.1, 0.15) is 90.5 Å². The molecule has 0 aliphatic heterocycles. The van der Waals surface area contributed by atoms with Crippen molar-refractivity contribution in [1.29, 1.82) is 0 Å². The number of rotatable bonds is 15. The molecule has 0 N–H and O–H groups in total. The van der Waals surface area contributed by atoms with Gasteiger partial charge < -0.3 is 14.4 Å². The van der Waals surface area contributed by atoms with Gasteiger partial charge >= 0.3 is 5.97 Å². The van der Waals surface area contributed by atoms with Crippen molar-refractivity contribution in [3.8, 4) is 0 Å². The summed E-state index contributed by atoms with van der Waals surface area (Å²) >= 11 is 0. The van der Waals surface area contributed by atoms with Crippen LogP contribution in [0.5, 0.6) is 0 Å².